The van der Waals surface area contributed by atoms with Gasteiger partial charge >= 0.3 is 0 Å². The van der Waals surface area contributed by atoms with Gasteiger partial charge in [-0.05, 0) is 25.0 Å². The van der Waals surface area contributed by atoms with Gasteiger partial charge < -0.3 is 4.74 Å². The second kappa shape index (κ2) is 7.10. The number of carbonyl (C=O) groups excluding carboxylic acids is 1. The van der Waals surface area contributed by atoms with E-state index in [0.29, 0.717) is 0 Å². The van der Waals surface area contributed by atoms with Crippen molar-refractivity contribution in [1.29, 1.82) is 0 Å². The van der Waals surface area contributed by atoms with Crippen molar-refractivity contribution in [2.45, 2.75) is 40.0 Å². The molecule has 0 aromatic heterocycles. The minimum atomic E-state index is 0.0842. The molecule has 94 valence electrons. The molecule has 0 fully saturated rings. The van der Waals surface area contributed by atoms with Crippen molar-refractivity contribution in [1.82, 2.24) is 0 Å². The molecule has 1 aromatic rings. The fraction of sp³-hybridized carbons (Fsp3) is 0.533. The number of ether oxygens (including phenoxy) is 1. The van der Waals surface area contributed by atoms with Gasteiger partial charge in [-0.1, -0.05) is 39.3 Å². The van der Waals surface area contributed by atoms with Crippen LogP contribution in [0.25, 0.3) is 0 Å². The van der Waals surface area contributed by atoms with Crippen molar-refractivity contribution in [2.75, 3.05) is 6.61 Å². The highest BCUT2D eigenvalue weighted by molar-refractivity contribution is 5.97. The van der Waals surface area contributed by atoms with Crippen LogP contribution in [0.1, 0.15) is 50.4 Å². The Morgan fingerprint density at radius 3 is 2.76 bits per heavy atom. The van der Waals surface area contributed by atoms with E-state index in [1.54, 1.807) is 0 Å². The van der Waals surface area contributed by atoms with E-state index in [4.69, 9.17) is 4.74 Å². The van der Waals surface area contributed by atoms with E-state index in [9.17, 15) is 4.79 Å². The maximum atomic E-state index is 12.0. The van der Waals surface area contributed by atoms with E-state index in [-0.39, 0.29) is 11.7 Å². The summed E-state index contributed by atoms with van der Waals surface area (Å²) in [4.78, 5) is 12.0. The second-order valence-electron chi connectivity index (χ2n) is 4.40. The zero-order chi connectivity index (χ0) is 12.7. The molecular formula is C15H22O2. The van der Waals surface area contributed by atoms with Crippen LogP contribution in [0.5, 0.6) is 5.75 Å². The zero-order valence-electron chi connectivity index (χ0n) is 11.0. The molecule has 17 heavy (non-hydrogen) atoms. The molecule has 0 heterocycles. The van der Waals surface area contributed by atoms with Crippen LogP contribution >= 0.6 is 0 Å². The monoisotopic (exact) mass is 234 g/mol. The Labute approximate surface area is 104 Å². The van der Waals surface area contributed by atoms with Gasteiger partial charge in [-0.2, -0.15) is 0 Å². The van der Waals surface area contributed by atoms with Crippen LogP contribution in [0.15, 0.2) is 24.3 Å². The summed E-state index contributed by atoms with van der Waals surface area (Å²) in [6, 6.07) is 7.51. The Kier molecular flexibility index (Phi) is 5.75. The summed E-state index contributed by atoms with van der Waals surface area (Å²) < 4.78 is 5.60. The van der Waals surface area contributed by atoms with Crippen molar-refractivity contribution in [3.05, 3.63) is 29.8 Å². The summed E-state index contributed by atoms with van der Waals surface area (Å²) >= 11 is 0. The van der Waals surface area contributed by atoms with Crippen LogP contribution in [0, 0.1) is 5.92 Å². The van der Waals surface area contributed by atoms with Crippen molar-refractivity contribution >= 4 is 5.78 Å². The van der Waals surface area contributed by atoms with Gasteiger partial charge in [0.1, 0.15) is 5.75 Å². The Balaban J connectivity index is 2.68. The maximum absolute atomic E-state index is 12.0. The van der Waals surface area contributed by atoms with Gasteiger partial charge in [0.2, 0.25) is 0 Å². The van der Waals surface area contributed by atoms with Crippen LogP contribution in [-0.2, 0) is 0 Å². The average Bonchev–Trinajstić information content (AvgIpc) is 2.37. The third-order valence-corrected chi connectivity index (χ3v) is 2.95. The molecule has 0 bridgehead atoms. The first kappa shape index (κ1) is 13.8. The Morgan fingerprint density at radius 1 is 1.35 bits per heavy atom. The largest absolute Gasteiger partial charge is 0.494 e. The predicted molar refractivity (Wildman–Crippen MR) is 70.6 cm³/mol. The van der Waals surface area contributed by atoms with Gasteiger partial charge in [-0.3, -0.25) is 4.79 Å². The maximum Gasteiger partial charge on any atom is 0.165 e. The quantitative estimate of drug-likeness (QED) is 0.524. The van der Waals surface area contributed by atoms with E-state index >= 15 is 0 Å². The topological polar surface area (TPSA) is 26.3 Å². The van der Waals surface area contributed by atoms with Crippen molar-refractivity contribution < 1.29 is 9.53 Å². The number of benzene rings is 1. The minimum Gasteiger partial charge on any atom is -0.494 e. The highest BCUT2D eigenvalue weighted by Crippen LogP contribution is 2.18. The molecule has 0 saturated carbocycles. The standard InChI is InChI=1S/C15H22O2/c1-4-6-10-17-14-9-7-8-13(11-14)15(16)12(3)5-2/h7-9,11-12H,4-6,10H2,1-3H3. The molecule has 2 heteroatoms. The third-order valence-electron chi connectivity index (χ3n) is 2.95. The SMILES string of the molecule is CCCCOc1cccc(C(=O)C(C)CC)c1. The smallest absolute Gasteiger partial charge is 0.165 e. The number of Topliss-reactive ketones (excluding diaryl/α,β-unsaturated/α-hetero) is 1. The zero-order valence-corrected chi connectivity index (χ0v) is 11.0. The van der Waals surface area contributed by atoms with Gasteiger partial charge in [0.15, 0.2) is 5.78 Å². The highest BCUT2D eigenvalue weighted by Gasteiger charge is 2.13. The van der Waals surface area contributed by atoms with Crippen molar-refractivity contribution in [3.63, 3.8) is 0 Å². The molecular weight excluding hydrogens is 212 g/mol. The van der Waals surface area contributed by atoms with E-state index in [1.165, 1.54) is 0 Å². The van der Waals surface area contributed by atoms with E-state index in [0.717, 1.165) is 37.2 Å². The summed E-state index contributed by atoms with van der Waals surface area (Å²) in [5, 5.41) is 0. The number of rotatable bonds is 7. The summed E-state index contributed by atoms with van der Waals surface area (Å²) in [5.41, 5.74) is 0.758. The lowest BCUT2D eigenvalue weighted by Gasteiger charge is -2.10. The number of ketones is 1. The molecule has 0 N–H and O–H groups in total. The molecule has 1 aromatic carbocycles. The number of hydrogen-bond acceptors (Lipinski definition) is 2. The van der Waals surface area contributed by atoms with E-state index in [2.05, 4.69) is 6.92 Å². The first-order valence-corrected chi connectivity index (χ1v) is 6.46. The molecule has 0 radical (unpaired) electrons. The molecule has 1 unspecified atom stereocenters. The Bertz CT molecular complexity index is 358. The Morgan fingerprint density at radius 2 is 2.12 bits per heavy atom. The lowest BCUT2D eigenvalue weighted by Crippen LogP contribution is -2.10. The van der Waals surface area contributed by atoms with Crippen LogP contribution in [-0.4, -0.2) is 12.4 Å². The molecule has 0 aliphatic rings. The molecule has 0 aliphatic carbocycles. The predicted octanol–water partition coefficient (Wildman–Crippen LogP) is 4.09. The van der Waals surface area contributed by atoms with Gasteiger partial charge in [0.25, 0.3) is 0 Å². The van der Waals surface area contributed by atoms with Gasteiger partial charge in [-0.15, -0.1) is 0 Å². The summed E-state index contributed by atoms with van der Waals surface area (Å²) in [6.07, 6.45) is 3.04. The normalized spacial score (nSPS) is 12.2. The van der Waals surface area contributed by atoms with Crippen molar-refractivity contribution in [2.24, 2.45) is 5.92 Å². The van der Waals surface area contributed by atoms with Crippen LogP contribution < -0.4 is 4.74 Å². The van der Waals surface area contributed by atoms with Crippen molar-refractivity contribution in [3.8, 4) is 5.75 Å². The second-order valence-corrected chi connectivity index (χ2v) is 4.40. The first-order valence-electron chi connectivity index (χ1n) is 6.46. The molecule has 0 spiro atoms. The fourth-order valence-electron chi connectivity index (χ4n) is 1.54. The molecule has 1 atom stereocenters. The van der Waals surface area contributed by atoms with Crippen LogP contribution in [0.4, 0.5) is 0 Å². The molecule has 1 rings (SSSR count). The molecule has 0 saturated heterocycles. The Hall–Kier alpha value is -1.31. The molecule has 0 amide bonds. The van der Waals surface area contributed by atoms with Gasteiger partial charge in [-0.25, -0.2) is 0 Å². The number of unbranched alkanes of at least 4 members (excludes halogenated alkanes) is 1. The number of hydrogen-bond donors (Lipinski definition) is 0. The van der Waals surface area contributed by atoms with Crippen LogP contribution in [0.2, 0.25) is 0 Å². The summed E-state index contributed by atoms with van der Waals surface area (Å²) in [6.45, 7) is 6.85. The van der Waals surface area contributed by atoms with Crippen LogP contribution in [0.3, 0.4) is 0 Å². The van der Waals surface area contributed by atoms with E-state index < -0.39 is 0 Å². The molecule has 2 nitrogen and oxygen atoms in total. The van der Waals surface area contributed by atoms with Gasteiger partial charge in [0, 0.05) is 11.5 Å². The summed E-state index contributed by atoms with van der Waals surface area (Å²) in [5.74, 6) is 1.09. The minimum absolute atomic E-state index is 0.0842. The molecule has 0 aliphatic heterocycles. The lowest BCUT2D eigenvalue weighted by atomic mass is 9.97. The number of carbonyl (C=O) groups is 1. The summed E-state index contributed by atoms with van der Waals surface area (Å²) in [7, 11) is 0. The van der Waals surface area contributed by atoms with Gasteiger partial charge in [0.05, 0.1) is 6.61 Å². The average molecular weight is 234 g/mol. The first-order chi connectivity index (χ1) is 8.19. The highest BCUT2D eigenvalue weighted by atomic mass is 16.5. The fourth-order valence-corrected chi connectivity index (χ4v) is 1.54. The van der Waals surface area contributed by atoms with E-state index in [1.807, 2.05) is 38.1 Å². The third kappa shape index (κ3) is 4.22. The lowest BCUT2D eigenvalue weighted by molar-refractivity contribution is 0.0927.